The number of nitrogens with one attached hydrogen (secondary N) is 2. The molecule has 0 aliphatic carbocycles. The fraction of sp³-hybridized carbons (Fsp3) is 0.211. The van der Waals surface area contributed by atoms with E-state index in [1.165, 1.54) is 6.07 Å². The second kappa shape index (κ2) is 6.76. The first-order chi connectivity index (χ1) is 12.0. The van der Waals surface area contributed by atoms with Crippen molar-refractivity contribution in [3.05, 3.63) is 74.9 Å². The van der Waals surface area contributed by atoms with Crippen LogP contribution in [0.25, 0.3) is 16.6 Å². The Labute approximate surface area is 144 Å². The number of carbonyl (C=O) groups excluding carboxylic acids is 1. The largest absolute Gasteiger partial charge is 0.350 e. The van der Waals surface area contributed by atoms with Crippen molar-refractivity contribution in [2.45, 2.75) is 26.3 Å². The van der Waals surface area contributed by atoms with Crippen molar-refractivity contribution in [2.24, 2.45) is 0 Å². The quantitative estimate of drug-likeness (QED) is 0.765. The molecular formula is C19H19N3O3. The summed E-state index contributed by atoms with van der Waals surface area (Å²) in [6.45, 7) is 3.90. The van der Waals surface area contributed by atoms with Gasteiger partial charge in [-0.25, -0.2) is 9.36 Å². The van der Waals surface area contributed by atoms with Crippen molar-refractivity contribution < 1.29 is 4.79 Å². The molecule has 0 fully saturated rings. The molecule has 0 aliphatic rings. The third kappa shape index (κ3) is 3.24. The lowest BCUT2D eigenvalue weighted by atomic mass is 10.1. The van der Waals surface area contributed by atoms with Gasteiger partial charge in [0.25, 0.3) is 11.5 Å². The lowest BCUT2D eigenvalue weighted by Crippen LogP contribution is -2.34. The Morgan fingerprint density at radius 1 is 1.16 bits per heavy atom. The molecule has 0 saturated heterocycles. The van der Waals surface area contributed by atoms with Gasteiger partial charge in [0.1, 0.15) is 0 Å². The van der Waals surface area contributed by atoms with Crippen molar-refractivity contribution in [1.29, 1.82) is 0 Å². The molecule has 0 spiro atoms. The number of benzene rings is 2. The minimum Gasteiger partial charge on any atom is -0.350 e. The summed E-state index contributed by atoms with van der Waals surface area (Å²) in [5, 5.41) is 3.21. The summed E-state index contributed by atoms with van der Waals surface area (Å²) < 4.78 is 1.08. The van der Waals surface area contributed by atoms with Crippen LogP contribution in [0.2, 0.25) is 0 Å². The molecule has 6 heteroatoms. The molecule has 1 amide bonds. The normalized spacial score (nSPS) is 12.1. The highest BCUT2D eigenvalue weighted by Crippen LogP contribution is 2.11. The van der Waals surface area contributed by atoms with E-state index >= 15 is 0 Å². The summed E-state index contributed by atoms with van der Waals surface area (Å²) in [5.41, 5.74) is 0.288. The van der Waals surface area contributed by atoms with Crippen LogP contribution in [0.4, 0.5) is 0 Å². The van der Waals surface area contributed by atoms with E-state index in [9.17, 15) is 14.4 Å². The number of nitrogens with zero attached hydrogens (tertiary/aromatic N) is 1. The number of carbonyl (C=O) groups is 1. The maximum atomic E-state index is 12.7. The second-order valence-corrected chi connectivity index (χ2v) is 5.95. The number of fused-ring (bicyclic) bond motifs is 1. The van der Waals surface area contributed by atoms with Gasteiger partial charge in [0.05, 0.1) is 16.6 Å². The van der Waals surface area contributed by atoms with Crippen molar-refractivity contribution in [3.63, 3.8) is 0 Å². The highest BCUT2D eigenvalue weighted by Gasteiger charge is 2.13. The zero-order valence-corrected chi connectivity index (χ0v) is 14.1. The molecule has 0 radical (unpaired) electrons. The highest BCUT2D eigenvalue weighted by molar-refractivity contribution is 5.97. The number of aromatic amines is 1. The molecule has 1 heterocycles. The average Bonchev–Trinajstić information content (AvgIpc) is 2.62. The minimum atomic E-state index is -0.539. The van der Waals surface area contributed by atoms with Gasteiger partial charge in [0, 0.05) is 11.6 Å². The van der Waals surface area contributed by atoms with E-state index < -0.39 is 11.2 Å². The number of hydrogen-bond donors (Lipinski definition) is 2. The second-order valence-electron chi connectivity index (χ2n) is 5.95. The lowest BCUT2D eigenvalue weighted by Gasteiger charge is -2.12. The zero-order valence-electron chi connectivity index (χ0n) is 14.1. The van der Waals surface area contributed by atoms with Crippen LogP contribution in [-0.2, 0) is 0 Å². The standard InChI is InChI=1S/C19H19N3O3/c1-3-12(2)20-17(23)13-9-10-15-16(11-13)21-19(25)22(18(15)24)14-7-5-4-6-8-14/h4-12H,3H2,1-2H3,(H,20,23)(H,21,25)/t12-/m1/s1. The molecule has 6 nitrogen and oxygen atoms in total. The lowest BCUT2D eigenvalue weighted by molar-refractivity contribution is 0.0939. The summed E-state index contributed by atoms with van der Waals surface area (Å²) in [6, 6.07) is 13.5. The maximum absolute atomic E-state index is 12.7. The van der Waals surface area contributed by atoms with Crippen LogP contribution in [0.5, 0.6) is 0 Å². The third-order valence-electron chi connectivity index (χ3n) is 4.16. The van der Waals surface area contributed by atoms with Crippen LogP contribution in [0.1, 0.15) is 30.6 Å². The van der Waals surface area contributed by atoms with E-state index in [0.29, 0.717) is 22.2 Å². The van der Waals surface area contributed by atoms with Gasteiger partial charge in [0.2, 0.25) is 0 Å². The van der Waals surface area contributed by atoms with Crippen LogP contribution < -0.4 is 16.6 Å². The SMILES string of the molecule is CC[C@@H](C)NC(=O)c1ccc2c(=O)n(-c3ccccc3)c(=O)[nH]c2c1. The van der Waals surface area contributed by atoms with Gasteiger partial charge in [-0.1, -0.05) is 25.1 Å². The molecule has 0 bridgehead atoms. The predicted molar refractivity (Wildman–Crippen MR) is 97.4 cm³/mol. The smallest absolute Gasteiger partial charge is 0.333 e. The first-order valence-corrected chi connectivity index (χ1v) is 8.16. The topological polar surface area (TPSA) is 84.0 Å². The Kier molecular flexibility index (Phi) is 4.52. The maximum Gasteiger partial charge on any atom is 0.333 e. The molecule has 0 unspecified atom stereocenters. The van der Waals surface area contributed by atoms with Crippen LogP contribution in [0.15, 0.2) is 58.1 Å². The predicted octanol–water partition coefficient (Wildman–Crippen LogP) is 2.21. The Bertz CT molecular complexity index is 1040. The molecule has 2 aromatic carbocycles. The summed E-state index contributed by atoms with van der Waals surface area (Å²) in [5.74, 6) is -0.232. The zero-order chi connectivity index (χ0) is 18.0. The first-order valence-electron chi connectivity index (χ1n) is 8.16. The molecule has 25 heavy (non-hydrogen) atoms. The van der Waals surface area contributed by atoms with E-state index in [4.69, 9.17) is 0 Å². The molecular weight excluding hydrogens is 318 g/mol. The first kappa shape index (κ1) is 16.7. The Balaban J connectivity index is 2.10. The number of aromatic nitrogens is 2. The summed E-state index contributed by atoms with van der Waals surface area (Å²) in [6.07, 6.45) is 0.817. The van der Waals surface area contributed by atoms with Crippen molar-refractivity contribution in [2.75, 3.05) is 0 Å². The van der Waals surface area contributed by atoms with Gasteiger partial charge in [-0.2, -0.15) is 0 Å². The molecule has 0 aliphatic heterocycles. The molecule has 0 saturated carbocycles. The summed E-state index contributed by atoms with van der Waals surface area (Å²) in [7, 11) is 0. The van der Waals surface area contributed by atoms with Gasteiger partial charge in [-0.15, -0.1) is 0 Å². The number of amides is 1. The van der Waals surface area contributed by atoms with Gasteiger partial charge in [-0.05, 0) is 43.7 Å². The van der Waals surface area contributed by atoms with Crippen molar-refractivity contribution in [1.82, 2.24) is 14.9 Å². The highest BCUT2D eigenvalue weighted by atomic mass is 16.2. The molecule has 2 N–H and O–H groups in total. The van der Waals surface area contributed by atoms with Crippen LogP contribution >= 0.6 is 0 Å². The average molecular weight is 337 g/mol. The number of hydrogen-bond acceptors (Lipinski definition) is 3. The van der Waals surface area contributed by atoms with Crippen LogP contribution in [0.3, 0.4) is 0 Å². The van der Waals surface area contributed by atoms with Gasteiger partial charge in [-0.3, -0.25) is 9.59 Å². The molecule has 3 rings (SSSR count). The van der Waals surface area contributed by atoms with Gasteiger partial charge < -0.3 is 10.3 Å². The van der Waals surface area contributed by atoms with E-state index in [1.807, 2.05) is 19.9 Å². The Hall–Kier alpha value is -3.15. The Morgan fingerprint density at radius 3 is 2.56 bits per heavy atom. The van der Waals surface area contributed by atoms with E-state index in [-0.39, 0.29) is 11.9 Å². The fourth-order valence-electron chi connectivity index (χ4n) is 2.58. The Morgan fingerprint density at radius 2 is 1.88 bits per heavy atom. The van der Waals surface area contributed by atoms with E-state index in [0.717, 1.165) is 11.0 Å². The van der Waals surface area contributed by atoms with E-state index in [2.05, 4.69) is 10.3 Å². The monoisotopic (exact) mass is 337 g/mol. The number of rotatable bonds is 4. The molecule has 1 aromatic heterocycles. The molecule has 3 aromatic rings. The fourth-order valence-corrected chi connectivity index (χ4v) is 2.58. The van der Waals surface area contributed by atoms with Gasteiger partial charge in [0.15, 0.2) is 0 Å². The summed E-state index contributed by atoms with van der Waals surface area (Å²) >= 11 is 0. The molecule has 1 atom stereocenters. The van der Waals surface area contributed by atoms with E-state index in [1.54, 1.807) is 36.4 Å². The van der Waals surface area contributed by atoms with Crippen molar-refractivity contribution >= 4 is 16.8 Å². The van der Waals surface area contributed by atoms with Gasteiger partial charge >= 0.3 is 5.69 Å². The number of para-hydroxylation sites is 1. The minimum absolute atomic E-state index is 0.0494. The third-order valence-corrected chi connectivity index (χ3v) is 4.16. The summed E-state index contributed by atoms with van der Waals surface area (Å²) in [4.78, 5) is 40.0. The molecule has 128 valence electrons. The number of H-pyrrole nitrogens is 1. The van der Waals surface area contributed by atoms with Crippen molar-refractivity contribution in [3.8, 4) is 5.69 Å². The van der Waals surface area contributed by atoms with Crippen LogP contribution in [-0.4, -0.2) is 21.5 Å². The van der Waals surface area contributed by atoms with Crippen LogP contribution in [0, 0.1) is 0 Å².